The second kappa shape index (κ2) is 8.76. The molecule has 0 aliphatic heterocycles. The zero-order valence-corrected chi connectivity index (χ0v) is 17.7. The second-order valence-electron chi connectivity index (χ2n) is 6.51. The average Bonchev–Trinajstić information content (AvgIpc) is 3.17. The Morgan fingerprint density at radius 3 is 2.50 bits per heavy atom. The van der Waals surface area contributed by atoms with Crippen LogP contribution in [0.1, 0.15) is 16.9 Å². The number of amides is 1. The first-order valence-corrected chi connectivity index (χ1v) is 9.63. The largest absolute Gasteiger partial charge is 0.457 e. The number of rotatable bonds is 5. The van der Waals surface area contributed by atoms with Crippen LogP contribution in [-0.4, -0.2) is 10.8 Å². The molecule has 0 bridgehead atoms. The van der Waals surface area contributed by atoms with E-state index in [0.29, 0.717) is 27.2 Å². The first-order valence-electron chi connectivity index (χ1n) is 8.83. The van der Waals surface area contributed by atoms with E-state index in [2.05, 4.69) is 21.2 Å². The molecule has 1 N–H and O–H groups in total. The summed E-state index contributed by atoms with van der Waals surface area (Å²) in [5, 5.41) is 23.1. The van der Waals surface area contributed by atoms with Gasteiger partial charge in [-0.1, -0.05) is 18.2 Å². The number of carbonyl (C=O) groups excluding carboxylic acids is 1. The monoisotopic (exact) mass is 465 g/mol. The molecule has 7 nitrogen and oxygen atoms in total. The molecule has 0 spiro atoms. The van der Waals surface area contributed by atoms with Crippen molar-refractivity contribution < 1.29 is 14.1 Å². The number of aryl methyl sites for hydroxylation is 2. The summed E-state index contributed by atoms with van der Waals surface area (Å²) in [7, 11) is 0. The van der Waals surface area contributed by atoms with Crippen molar-refractivity contribution in [2.24, 2.45) is 0 Å². The molecule has 0 fully saturated rings. The number of para-hydroxylation sites is 1. The number of hydrogen-bond acceptors (Lipinski definition) is 5. The highest BCUT2D eigenvalue weighted by Gasteiger charge is 2.15. The summed E-state index contributed by atoms with van der Waals surface area (Å²) < 4.78 is 6.22. The Hall–Kier alpha value is -3.70. The minimum absolute atomic E-state index is 0.0489. The SMILES string of the molecule is Cc1cccc(C)c1NC(=O)/C(C#N)=C/c1ccc(-c2ccc([N+](=O)[O-])cc2Br)o1. The quantitative estimate of drug-likeness (QED) is 0.222. The summed E-state index contributed by atoms with van der Waals surface area (Å²) in [6.45, 7) is 3.75. The van der Waals surface area contributed by atoms with E-state index < -0.39 is 10.8 Å². The van der Waals surface area contributed by atoms with Crippen LogP contribution in [0, 0.1) is 35.3 Å². The van der Waals surface area contributed by atoms with Crippen molar-refractivity contribution in [2.45, 2.75) is 13.8 Å². The number of benzene rings is 2. The summed E-state index contributed by atoms with van der Waals surface area (Å²) in [6.07, 6.45) is 1.35. The van der Waals surface area contributed by atoms with Gasteiger partial charge in [0.25, 0.3) is 11.6 Å². The van der Waals surface area contributed by atoms with Gasteiger partial charge in [-0.15, -0.1) is 0 Å². The van der Waals surface area contributed by atoms with Gasteiger partial charge in [-0.05, 0) is 59.1 Å². The number of non-ortho nitro benzene ring substituents is 1. The Labute approximate surface area is 180 Å². The van der Waals surface area contributed by atoms with E-state index >= 15 is 0 Å². The van der Waals surface area contributed by atoms with Crippen molar-refractivity contribution in [1.29, 1.82) is 5.26 Å². The van der Waals surface area contributed by atoms with Crippen molar-refractivity contribution >= 4 is 39.3 Å². The van der Waals surface area contributed by atoms with E-state index in [-0.39, 0.29) is 11.3 Å². The molecule has 1 aromatic heterocycles. The average molecular weight is 466 g/mol. The van der Waals surface area contributed by atoms with Crippen LogP contribution in [0.5, 0.6) is 0 Å². The summed E-state index contributed by atoms with van der Waals surface area (Å²) in [5.41, 5.74) is 2.90. The number of hydrogen-bond donors (Lipinski definition) is 1. The zero-order chi connectivity index (χ0) is 21.8. The standard InChI is InChI=1S/C22H16BrN3O4/c1-13-4-3-5-14(2)21(13)25-22(27)15(12-24)10-17-7-9-20(30-17)18-8-6-16(26(28)29)11-19(18)23/h3-11H,1-2H3,(H,25,27)/b15-10+. The number of carbonyl (C=O) groups is 1. The molecule has 3 aromatic rings. The smallest absolute Gasteiger partial charge is 0.270 e. The molecule has 0 radical (unpaired) electrons. The number of nitrogens with one attached hydrogen (secondary N) is 1. The van der Waals surface area contributed by atoms with Gasteiger partial charge in [0.15, 0.2) is 0 Å². The zero-order valence-electron chi connectivity index (χ0n) is 16.1. The van der Waals surface area contributed by atoms with Gasteiger partial charge < -0.3 is 9.73 Å². The lowest BCUT2D eigenvalue weighted by Crippen LogP contribution is -2.15. The molecule has 0 atom stereocenters. The molecule has 2 aromatic carbocycles. The molecule has 30 heavy (non-hydrogen) atoms. The lowest BCUT2D eigenvalue weighted by molar-refractivity contribution is -0.384. The normalized spacial score (nSPS) is 11.1. The molecule has 0 saturated carbocycles. The van der Waals surface area contributed by atoms with Crippen molar-refractivity contribution in [3.8, 4) is 17.4 Å². The molecule has 150 valence electrons. The van der Waals surface area contributed by atoms with E-state index in [0.717, 1.165) is 11.1 Å². The first-order chi connectivity index (χ1) is 14.3. The Bertz CT molecular complexity index is 1200. The Kier molecular flexibility index (Phi) is 6.14. The lowest BCUT2D eigenvalue weighted by Gasteiger charge is -2.10. The van der Waals surface area contributed by atoms with Crippen LogP contribution in [0.2, 0.25) is 0 Å². The van der Waals surface area contributed by atoms with Gasteiger partial charge in [-0.25, -0.2) is 0 Å². The Morgan fingerprint density at radius 1 is 1.20 bits per heavy atom. The van der Waals surface area contributed by atoms with Crippen LogP contribution in [0.3, 0.4) is 0 Å². The maximum atomic E-state index is 12.6. The van der Waals surface area contributed by atoms with Gasteiger partial charge in [-0.3, -0.25) is 14.9 Å². The van der Waals surface area contributed by atoms with E-state index in [1.165, 1.54) is 18.2 Å². The number of nitro groups is 1. The molecule has 8 heteroatoms. The molecule has 3 rings (SSSR count). The van der Waals surface area contributed by atoms with Gasteiger partial charge in [0.05, 0.1) is 4.92 Å². The fraction of sp³-hybridized carbons (Fsp3) is 0.0909. The number of anilines is 1. The van der Waals surface area contributed by atoms with Crippen molar-refractivity contribution in [2.75, 3.05) is 5.32 Å². The van der Waals surface area contributed by atoms with Crippen molar-refractivity contribution in [3.05, 3.63) is 85.6 Å². The van der Waals surface area contributed by atoms with E-state index in [9.17, 15) is 20.2 Å². The van der Waals surface area contributed by atoms with Crippen molar-refractivity contribution in [1.82, 2.24) is 0 Å². The molecular weight excluding hydrogens is 450 g/mol. The summed E-state index contributed by atoms with van der Waals surface area (Å²) in [4.78, 5) is 23.0. The third kappa shape index (κ3) is 4.47. The van der Waals surface area contributed by atoms with Gasteiger partial charge in [0, 0.05) is 33.9 Å². The molecule has 0 aliphatic rings. The van der Waals surface area contributed by atoms with Crippen LogP contribution in [0.25, 0.3) is 17.4 Å². The van der Waals surface area contributed by atoms with E-state index in [1.807, 2.05) is 38.1 Å². The minimum Gasteiger partial charge on any atom is -0.457 e. The summed E-state index contributed by atoms with van der Waals surface area (Å²) >= 11 is 3.30. The Morgan fingerprint density at radius 2 is 1.90 bits per heavy atom. The number of nitrogens with zero attached hydrogens (tertiary/aromatic N) is 2. The highest BCUT2D eigenvalue weighted by Crippen LogP contribution is 2.33. The van der Waals surface area contributed by atoms with Crippen molar-refractivity contribution in [3.63, 3.8) is 0 Å². The van der Waals surface area contributed by atoms with E-state index in [4.69, 9.17) is 4.42 Å². The van der Waals surface area contributed by atoms with Crippen LogP contribution >= 0.6 is 15.9 Å². The number of nitriles is 1. The molecule has 1 amide bonds. The number of nitro benzene ring substituents is 1. The van der Waals surface area contributed by atoms with Crippen LogP contribution in [-0.2, 0) is 4.79 Å². The van der Waals surface area contributed by atoms with Gasteiger partial charge in [0.1, 0.15) is 23.2 Å². The fourth-order valence-corrected chi connectivity index (χ4v) is 3.44. The molecule has 0 saturated heterocycles. The molecular formula is C22H16BrN3O4. The minimum atomic E-state index is -0.538. The summed E-state index contributed by atoms with van der Waals surface area (Å²) in [5.74, 6) is 0.211. The highest BCUT2D eigenvalue weighted by atomic mass is 79.9. The Balaban J connectivity index is 1.86. The number of halogens is 1. The maximum absolute atomic E-state index is 12.6. The van der Waals surface area contributed by atoms with Gasteiger partial charge in [-0.2, -0.15) is 5.26 Å². The summed E-state index contributed by atoms with van der Waals surface area (Å²) in [6, 6.07) is 15.1. The predicted octanol–water partition coefficient (Wildman–Crippen LogP) is 5.78. The first kappa shape index (κ1) is 21.0. The lowest BCUT2D eigenvalue weighted by atomic mass is 10.1. The van der Waals surface area contributed by atoms with Crippen LogP contribution in [0.15, 0.2) is 63.0 Å². The van der Waals surface area contributed by atoms with Crippen LogP contribution < -0.4 is 5.32 Å². The topological polar surface area (TPSA) is 109 Å². The highest BCUT2D eigenvalue weighted by molar-refractivity contribution is 9.10. The molecule has 0 unspecified atom stereocenters. The third-order valence-corrected chi connectivity index (χ3v) is 5.08. The van der Waals surface area contributed by atoms with Gasteiger partial charge in [0.2, 0.25) is 0 Å². The molecule has 0 aliphatic carbocycles. The second-order valence-corrected chi connectivity index (χ2v) is 7.37. The fourth-order valence-electron chi connectivity index (χ4n) is 2.88. The van der Waals surface area contributed by atoms with Crippen LogP contribution in [0.4, 0.5) is 11.4 Å². The predicted molar refractivity (Wildman–Crippen MR) is 117 cm³/mol. The number of furan rings is 1. The van der Waals surface area contributed by atoms with Gasteiger partial charge >= 0.3 is 0 Å². The maximum Gasteiger partial charge on any atom is 0.270 e. The van der Waals surface area contributed by atoms with E-state index in [1.54, 1.807) is 18.2 Å². The third-order valence-electron chi connectivity index (χ3n) is 4.43. The molecule has 1 heterocycles.